The van der Waals surface area contributed by atoms with Crippen molar-refractivity contribution in [2.75, 3.05) is 13.2 Å². The molecule has 0 radical (unpaired) electrons. The van der Waals surface area contributed by atoms with Crippen molar-refractivity contribution in [1.29, 1.82) is 0 Å². The van der Waals surface area contributed by atoms with Crippen LogP contribution in [0.5, 0.6) is 0 Å². The Balaban J connectivity index is 3.40. The van der Waals surface area contributed by atoms with Gasteiger partial charge in [0, 0.05) is 12.6 Å². The molecule has 0 saturated heterocycles. The maximum absolute atomic E-state index is 8.90. The Labute approximate surface area is 89.1 Å². The fraction of sp³-hybridized carbons (Fsp3) is 1.00. The van der Waals surface area contributed by atoms with E-state index in [0.29, 0.717) is 12.6 Å². The largest absolute Gasteiger partial charge is 0.396 e. The average Bonchev–Trinajstić information content (AvgIpc) is 2.20. The van der Waals surface area contributed by atoms with E-state index < -0.39 is 0 Å². The fourth-order valence-corrected chi connectivity index (χ4v) is 1.67. The molecule has 2 nitrogen and oxygen atoms in total. The summed E-state index contributed by atoms with van der Waals surface area (Å²) in [5.74, 6) is 0. The van der Waals surface area contributed by atoms with Crippen LogP contribution in [0.1, 0.15) is 58.8 Å². The van der Waals surface area contributed by atoms with Gasteiger partial charge in [0.25, 0.3) is 0 Å². The Morgan fingerprint density at radius 1 is 1.00 bits per heavy atom. The fourth-order valence-electron chi connectivity index (χ4n) is 1.67. The molecule has 0 saturated carbocycles. The standard InChI is InChI=1S/C12H27NO/c1-3-5-6-7-8-12(9-11-14)13-10-4-2/h12-14H,3-11H2,1-2H3. The molecule has 0 aromatic carbocycles. The lowest BCUT2D eigenvalue weighted by atomic mass is 10.0. The summed E-state index contributed by atoms with van der Waals surface area (Å²) in [5.41, 5.74) is 0. The zero-order valence-electron chi connectivity index (χ0n) is 9.89. The third-order valence-corrected chi connectivity index (χ3v) is 2.57. The molecule has 0 rings (SSSR count). The molecule has 0 aromatic heterocycles. The van der Waals surface area contributed by atoms with E-state index in [4.69, 9.17) is 5.11 Å². The molecule has 0 aliphatic carbocycles. The van der Waals surface area contributed by atoms with Crippen molar-refractivity contribution in [2.45, 2.75) is 64.8 Å². The summed E-state index contributed by atoms with van der Waals surface area (Å²) in [7, 11) is 0. The second kappa shape index (κ2) is 11.0. The molecular formula is C12H27NO. The van der Waals surface area contributed by atoms with Crippen LogP contribution in [0.2, 0.25) is 0 Å². The normalized spacial score (nSPS) is 13.1. The monoisotopic (exact) mass is 201 g/mol. The highest BCUT2D eigenvalue weighted by atomic mass is 16.3. The number of unbranched alkanes of at least 4 members (excludes halogenated alkanes) is 3. The van der Waals surface area contributed by atoms with E-state index in [0.717, 1.165) is 13.0 Å². The van der Waals surface area contributed by atoms with Crippen LogP contribution in [0.4, 0.5) is 0 Å². The Morgan fingerprint density at radius 3 is 2.36 bits per heavy atom. The van der Waals surface area contributed by atoms with Gasteiger partial charge in [-0.15, -0.1) is 0 Å². The average molecular weight is 201 g/mol. The lowest BCUT2D eigenvalue weighted by molar-refractivity contribution is 0.259. The van der Waals surface area contributed by atoms with Gasteiger partial charge in [0.05, 0.1) is 0 Å². The summed E-state index contributed by atoms with van der Waals surface area (Å²) >= 11 is 0. The molecule has 0 heterocycles. The van der Waals surface area contributed by atoms with Crippen LogP contribution < -0.4 is 5.32 Å². The van der Waals surface area contributed by atoms with Gasteiger partial charge in [-0.1, -0.05) is 39.5 Å². The van der Waals surface area contributed by atoms with Crippen molar-refractivity contribution >= 4 is 0 Å². The number of aliphatic hydroxyl groups excluding tert-OH is 1. The van der Waals surface area contributed by atoms with E-state index in [1.54, 1.807) is 0 Å². The SMILES string of the molecule is CCCCCCC(CCO)NCCC. The highest BCUT2D eigenvalue weighted by molar-refractivity contribution is 4.66. The van der Waals surface area contributed by atoms with Gasteiger partial charge in [-0.3, -0.25) is 0 Å². The second-order valence-electron chi connectivity index (χ2n) is 4.01. The minimum Gasteiger partial charge on any atom is -0.396 e. The Kier molecular flexibility index (Phi) is 10.9. The number of hydrogen-bond donors (Lipinski definition) is 2. The molecule has 0 aliphatic heterocycles. The Bertz CT molecular complexity index is 106. The number of hydrogen-bond acceptors (Lipinski definition) is 2. The minimum absolute atomic E-state index is 0.315. The smallest absolute Gasteiger partial charge is 0.0445 e. The molecule has 1 unspecified atom stereocenters. The summed E-state index contributed by atoms with van der Waals surface area (Å²) in [6.45, 7) is 5.81. The van der Waals surface area contributed by atoms with Gasteiger partial charge < -0.3 is 10.4 Å². The van der Waals surface area contributed by atoms with E-state index in [1.807, 2.05) is 0 Å². The Hall–Kier alpha value is -0.0800. The van der Waals surface area contributed by atoms with Crippen LogP contribution in [0, 0.1) is 0 Å². The molecule has 0 aromatic rings. The van der Waals surface area contributed by atoms with Crippen molar-refractivity contribution in [3.8, 4) is 0 Å². The third kappa shape index (κ3) is 8.52. The van der Waals surface area contributed by atoms with E-state index in [9.17, 15) is 0 Å². The highest BCUT2D eigenvalue weighted by Gasteiger charge is 2.05. The molecular weight excluding hydrogens is 174 g/mol. The predicted molar refractivity (Wildman–Crippen MR) is 62.5 cm³/mol. The molecule has 86 valence electrons. The maximum atomic E-state index is 8.90. The second-order valence-corrected chi connectivity index (χ2v) is 4.01. The van der Waals surface area contributed by atoms with Crippen molar-refractivity contribution in [3.05, 3.63) is 0 Å². The van der Waals surface area contributed by atoms with E-state index in [1.165, 1.54) is 38.5 Å². The molecule has 2 N–H and O–H groups in total. The topological polar surface area (TPSA) is 32.3 Å². The lowest BCUT2D eigenvalue weighted by Crippen LogP contribution is -2.30. The first-order valence-electron chi connectivity index (χ1n) is 6.19. The summed E-state index contributed by atoms with van der Waals surface area (Å²) in [6.07, 6.45) is 8.59. The van der Waals surface area contributed by atoms with Gasteiger partial charge in [-0.05, 0) is 25.8 Å². The van der Waals surface area contributed by atoms with Crippen LogP contribution in [0.25, 0.3) is 0 Å². The summed E-state index contributed by atoms with van der Waals surface area (Å²) < 4.78 is 0. The minimum atomic E-state index is 0.315. The van der Waals surface area contributed by atoms with Gasteiger partial charge in [-0.25, -0.2) is 0 Å². The molecule has 0 amide bonds. The lowest BCUT2D eigenvalue weighted by Gasteiger charge is -2.17. The third-order valence-electron chi connectivity index (χ3n) is 2.57. The zero-order chi connectivity index (χ0) is 10.6. The predicted octanol–water partition coefficient (Wildman–Crippen LogP) is 2.71. The zero-order valence-corrected chi connectivity index (χ0v) is 9.89. The number of aliphatic hydroxyl groups is 1. The van der Waals surface area contributed by atoms with Crippen molar-refractivity contribution in [2.24, 2.45) is 0 Å². The summed E-state index contributed by atoms with van der Waals surface area (Å²) in [6, 6.07) is 0.539. The molecule has 14 heavy (non-hydrogen) atoms. The maximum Gasteiger partial charge on any atom is 0.0445 e. The first kappa shape index (κ1) is 13.9. The number of rotatable bonds is 10. The van der Waals surface area contributed by atoms with Gasteiger partial charge in [0.2, 0.25) is 0 Å². The molecule has 1 atom stereocenters. The van der Waals surface area contributed by atoms with Crippen LogP contribution in [-0.4, -0.2) is 24.3 Å². The summed E-state index contributed by atoms with van der Waals surface area (Å²) in [5, 5.41) is 12.4. The molecule has 2 heteroatoms. The van der Waals surface area contributed by atoms with E-state index in [2.05, 4.69) is 19.2 Å². The molecule has 0 aliphatic rings. The first-order valence-corrected chi connectivity index (χ1v) is 6.19. The van der Waals surface area contributed by atoms with E-state index in [-0.39, 0.29) is 0 Å². The Morgan fingerprint density at radius 2 is 1.79 bits per heavy atom. The van der Waals surface area contributed by atoms with Gasteiger partial charge in [0.15, 0.2) is 0 Å². The van der Waals surface area contributed by atoms with Crippen LogP contribution in [0.15, 0.2) is 0 Å². The van der Waals surface area contributed by atoms with Crippen molar-refractivity contribution in [1.82, 2.24) is 5.32 Å². The van der Waals surface area contributed by atoms with Gasteiger partial charge >= 0.3 is 0 Å². The quantitative estimate of drug-likeness (QED) is 0.533. The van der Waals surface area contributed by atoms with Crippen molar-refractivity contribution < 1.29 is 5.11 Å². The van der Waals surface area contributed by atoms with Gasteiger partial charge in [-0.2, -0.15) is 0 Å². The number of nitrogens with one attached hydrogen (secondary N) is 1. The van der Waals surface area contributed by atoms with Crippen LogP contribution >= 0.6 is 0 Å². The highest BCUT2D eigenvalue weighted by Crippen LogP contribution is 2.07. The van der Waals surface area contributed by atoms with Crippen LogP contribution in [-0.2, 0) is 0 Å². The van der Waals surface area contributed by atoms with Crippen LogP contribution in [0.3, 0.4) is 0 Å². The van der Waals surface area contributed by atoms with Crippen molar-refractivity contribution in [3.63, 3.8) is 0 Å². The molecule has 0 fully saturated rings. The first-order chi connectivity index (χ1) is 6.85. The molecule has 0 bridgehead atoms. The van der Waals surface area contributed by atoms with Gasteiger partial charge in [0.1, 0.15) is 0 Å². The summed E-state index contributed by atoms with van der Waals surface area (Å²) in [4.78, 5) is 0. The molecule has 0 spiro atoms. The van der Waals surface area contributed by atoms with E-state index >= 15 is 0 Å².